The molecule has 2 aromatic carbocycles. The first-order valence-electron chi connectivity index (χ1n) is 9.03. The third-order valence-corrected chi connectivity index (χ3v) is 5.42. The van der Waals surface area contributed by atoms with Crippen LogP contribution in [0.5, 0.6) is 0 Å². The molecule has 27 heavy (non-hydrogen) atoms. The molecule has 5 nitrogen and oxygen atoms in total. The first kappa shape index (κ1) is 18.4. The Kier molecular flexibility index (Phi) is 5.41. The zero-order valence-electron chi connectivity index (χ0n) is 14.8. The normalized spacial score (nSPS) is 17.9. The van der Waals surface area contributed by atoms with Gasteiger partial charge >= 0.3 is 0 Å². The molecule has 1 aliphatic rings. The number of nitrogens with zero attached hydrogens (tertiary/aromatic N) is 4. The summed E-state index contributed by atoms with van der Waals surface area (Å²) in [5.41, 5.74) is 1.92. The minimum absolute atomic E-state index is 0.278. The van der Waals surface area contributed by atoms with Crippen molar-refractivity contribution in [3.05, 3.63) is 64.4 Å². The molecule has 0 aliphatic carbocycles. The second-order valence-electron chi connectivity index (χ2n) is 6.80. The summed E-state index contributed by atoms with van der Waals surface area (Å²) in [5, 5.41) is 15.5. The van der Waals surface area contributed by atoms with Crippen molar-refractivity contribution in [3.63, 3.8) is 0 Å². The van der Waals surface area contributed by atoms with Crippen molar-refractivity contribution in [2.75, 3.05) is 13.1 Å². The van der Waals surface area contributed by atoms with Crippen LogP contribution >= 0.6 is 23.8 Å². The molecule has 1 atom stereocenters. The summed E-state index contributed by atoms with van der Waals surface area (Å²) in [6.45, 7) is 2.15. The van der Waals surface area contributed by atoms with Crippen LogP contribution < -0.4 is 0 Å². The number of aromatic nitrogens is 3. The number of hydrogen-bond acceptors (Lipinski definition) is 4. The maximum Gasteiger partial charge on any atom is 0.204 e. The fourth-order valence-corrected chi connectivity index (χ4v) is 3.86. The molecule has 1 N–H and O–H groups in total. The van der Waals surface area contributed by atoms with E-state index in [2.05, 4.69) is 4.90 Å². The van der Waals surface area contributed by atoms with Gasteiger partial charge in [-0.05, 0) is 61.5 Å². The van der Waals surface area contributed by atoms with Gasteiger partial charge in [-0.25, -0.2) is 4.68 Å². The van der Waals surface area contributed by atoms with Gasteiger partial charge in [0.25, 0.3) is 0 Å². The highest BCUT2D eigenvalue weighted by atomic mass is 35.5. The van der Waals surface area contributed by atoms with Gasteiger partial charge in [0, 0.05) is 29.4 Å². The summed E-state index contributed by atoms with van der Waals surface area (Å²) in [5.74, 6) is 0.778. The van der Waals surface area contributed by atoms with E-state index in [9.17, 15) is 5.11 Å². The van der Waals surface area contributed by atoms with Gasteiger partial charge in [0.15, 0.2) is 5.82 Å². The predicted octanol–water partition coefficient (Wildman–Crippen LogP) is 4.14. The molecule has 3 aromatic rings. The summed E-state index contributed by atoms with van der Waals surface area (Å²) < 4.78 is 4.45. The maximum absolute atomic E-state index is 9.95. The van der Waals surface area contributed by atoms with Crippen molar-refractivity contribution < 1.29 is 5.11 Å². The summed E-state index contributed by atoms with van der Waals surface area (Å²) in [7, 11) is 0. The minimum Gasteiger partial charge on any atom is -0.392 e. The largest absolute Gasteiger partial charge is 0.392 e. The molecule has 0 unspecified atom stereocenters. The van der Waals surface area contributed by atoms with E-state index in [0.29, 0.717) is 23.0 Å². The van der Waals surface area contributed by atoms with Crippen molar-refractivity contribution >= 4 is 23.8 Å². The smallest absolute Gasteiger partial charge is 0.204 e. The lowest BCUT2D eigenvalue weighted by Crippen LogP contribution is -2.39. The van der Waals surface area contributed by atoms with E-state index in [1.165, 1.54) is 0 Å². The Morgan fingerprint density at radius 3 is 2.56 bits per heavy atom. The number of likely N-dealkylation sites (tertiary alicyclic amines) is 1. The van der Waals surface area contributed by atoms with Crippen LogP contribution in [0.15, 0.2) is 54.6 Å². The van der Waals surface area contributed by atoms with Gasteiger partial charge in [-0.15, -0.1) is 5.10 Å². The van der Waals surface area contributed by atoms with Crippen LogP contribution in [0, 0.1) is 4.77 Å². The van der Waals surface area contributed by atoms with Crippen molar-refractivity contribution in [1.29, 1.82) is 0 Å². The summed E-state index contributed by atoms with van der Waals surface area (Å²) >= 11 is 11.8. The standard InChI is InChI=1S/C20H21ClN4OS/c21-16-10-8-15(9-11-16)19-22-24(14-23-12-4-7-18(26)13-23)20(27)25(19)17-5-2-1-3-6-17/h1-3,5-6,8-11,18,26H,4,7,12-14H2/t18-/m1/s1. The Balaban J connectivity index is 1.77. The predicted molar refractivity (Wildman–Crippen MR) is 110 cm³/mol. The summed E-state index contributed by atoms with van der Waals surface area (Å²) in [6, 6.07) is 17.6. The van der Waals surface area contributed by atoms with Gasteiger partial charge in [0.05, 0.1) is 12.8 Å². The van der Waals surface area contributed by atoms with E-state index in [1.54, 1.807) is 0 Å². The van der Waals surface area contributed by atoms with E-state index in [1.807, 2.05) is 63.8 Å². The molecule has 2 heterocycles. The fourth-order valence-electron chi connectivity index (χ4n) is 3.44. The van der Waals surface area contributed by atoms with Gasteiger partial charge in [-0.3, -0.25) is 9.47 Å². The molecule has 1 saturated heterocycles. The van der Waals surface area contributed by atoms with E-state index in [-0.39, 0.29) is 6.10 Å². The molecule has 0 saturated carbocycles. The molecule has 4 rings (SSSR count). The second kappa shape index (κ2) is 7.94. The zero-order valence-corrected chi connectivity index (χ0v) is 16.4. The first-order chi connectivity index (χ1) is 13.1. The summed E-state index contributed by atoms with van der Waals surface area (Å²) in [4.78, 5) is 2.19. The van der Waals surface area contributed by atoms with E-state index < -0.39 is 0 Å². The van der Waals surface area contributed by atoms with E-state index in [4.69, 9.17) is 28.9 Å². The molecule has 1 aliphatic heterocycles. The lowest BCUT2D eigenvalue weighted by Gasteiger charge is -2.29. The number of halogens is 1. The van der Waals surface area contributed by atoms with E-state index >= 15 is 0 Å². The minimum atomic E-state index is -0.278. The fraction of sp³-hybridized carbons (Fsp3) is 0.300. The van der Waals surface area contributed by atoms with Crippen LogP contribution in [0.2, 0.25) is 5.02 Å². The number of β-amino-alcohol motifs (C(OH)–C–C–N with tert-alkyl or cyclic N) is 1. The molecule has 1 fully saturated rings. The first-order valence-corrected chi connectivity index (χ1v) is 9.82. The van der Waals surface area contributed by atoms with Crippen molar-refractivity contribution in [1.82, 2.24) is 19.2 Å². The Morgan fingerprint density at radius 2 is 1.85 bits per heavy atom. The second-order valence-corrected chi connectivity index (χ2v) is 7.60. The molecular formula is C20H21ClN4OS. The molecule has 7 heteroatoms. The van der Waals surface area contributed by atoms with Gasteiger partial charge in [0.2, 0.25) is 4.77 Å². The third-order valence-electron chi connectivity index (χ3n) is 4.77. The van der Waals surface area contributed by atoms with Crippen molar-refractivity contribution in [2.24, 2.45) is 0 Å². The molecular weight excluding hydrogens is 380 g/mol. The zero-order chi connectivity index (χ0) is 18.8. The lowest BCUT2D eigenvalue weighted by molar-refractivity contribution is 0.0513. The Morgan fingerprint density at radius 1 is 1.11 bits per heavy atom. The van der Waals surface area contributed by atoms with Crippen LogP contribution in [0.4, 0.5) is 0 Å². The number of benzene rings is 2. The molecule has 1 aromatic heterocycles. The topological polar surface area (TPSA) is 46.2 Å². The monoisotopic (exact) mass is 400 g/mol. The van der Waals surface area contributed by atoms with Gasteiger partial charge in [-0.1, -0.05) is 29.8 Å². The van der Waals surface area contributed by atoms with Crippen LogP contribution in [0.25, 0.3) is 17.1 Å². The van der Waals surface area contributed by atoms with Crippen LogP contribution in [-0.4, -0.2) is 43.5 Å². The van der Waals surface area contributed by atoms with E-state index in [0.717, 1.165) is 36.5 Å². The molecule has 0 spiro atoms. The average Bonchev–Trinajstić information content (AvgIpc) is 2.99. The van der Waals surface area contributed by atoms with Crippen LogP contribution in [-0.2, 0) is 6.67 Å². The number of rotatable bonds is 4. The molecule has 0 radical (unpaired) electrons. The van der Waals surface area contributed by atoms with Gasteiger partial charge in [0.1, 0.15) is 0 Å². The SMILES string of the molecule is O[C@@H]1CCCN(Cn2nc(-c3ccc(Cl)cc3)n(-c3ccccc3)c2=S)C1. The molecule has 0 amide bonds. The number of aliphatic hydroxyl groups is 1. The summed E-state index contributed by atoms with van der Waals surface area (Å²) in [6.07, 6.45) is 1.56. The third kappa shape index (κ3) is 3.99. The Labute approximate surface area is 168 Å². The van der Waals surface area contributed by atoms with Crippen LogP contribution in [0.1, 0.15) is 12.8 Å². The maximum atomic E-state index is 9.95. The van der Waals surface area contributed by atoms with Crippen LogP contribution in [0.3, 0.4) is 0 Å². The number of aliphatic hydroxyl groups excluding tert-OH is 1. The number of piperidine rings is 1. The Hall–Kier alpha value is -1.99. The van der Waals surface area contributed by atoms with Gasteiger partial charge in [-0.2, -0.15) is 0 Å². The average molecular weight is 401 g/mol. The molecule has 140 valence electrons. The van der Waals surface area contributed by atoms with Gasteiger partial charge < -0.3 is 5.11 Å². The van der Waals surface area contributed by atoms with Crippen molar-refractivity contribution in [2.45, 2.75) is 25.6 Å². The number of hydrogen-bond donors (Lipinski definition) is 1. The Bertz CT molecular complexity index is 968. The lowest BCUT2D eigenvalue weighted by atomic mass is 10.1. The van der Waals surface area contributed by atoms with Crippen molar-refractivity contribution in [3.8, 4) is 17.1 Å². The highest BCUT2D eigenvalue weighted by Gasteiger charge is 2.20. The number of para-hydroxylation sites is 1. The molecule has 0 bridgehead atoms. The highest BCUT2D eigenvalue weighted by Crippen LogP contribution is 2.24. The highest BCUT2D eigenvalue weighted by molar-refractivity contribution is 7.71. The quantitative estimate of drug-likeness (QED) is 0.668.